The van der Waals surface area contributed by atoms with Gasteiger partial charge in [0.25, 0.3) is 0 Å². The van der Waals surface area contributed by atoms with Crippen LogP contribution in [0.25, 0.3) is 0 Å². The quantitative estimate of drug-likeness (QED) is 0.821. The van der Waals surface area contributed by atoms with Gasteiger partial charge in [0.15, 0.2) is 5.78 Å². The molecule has 0 saturated carbocycles. The molecule has 142 valence electrons. The Morgan fingerprint density at radius 3 is 2.75 bits per heavy atom. The van der Waals surface area contributed by atoms with E-state index in [1.807, 2.05) is 13.0 Å². The van der Waals surface area contributed by atoms with Crippen molar-refractivity contribution in [2.45, 2.75) is 45.4 Å². The Morgan fingerprint density at radius 2 is 2.00 bits per heavy atom. The number of hydrogen-bond acceptors (Lipinski definition) is 5. The molecule has 1 saturated heterocycles. The molecule has 28 heavy (non-hydrogen) atoms. The summed E-state index contributed by atoms with van der Waals surface area (Å²) in [6.07, 6.45) is 3.41. The van der Waals surface area contributed by atoms with E-state index >= 15 is 0 Å². The predicted octanol–water partition coefficient (Wildman–Crippen LogP) is 2.81. The molecule has 0 bridgehead atoms. The number of carbonyl (C=O) groups excluding carboxylic acids is 2. The van der Waals surface area contributed by atoms with E-state index in [4.69, 9.17) is 0 Å². The van der Waals surface area contributed by atoms with Crippen molar-refractivity contribution < 1.29 is 9.59 Å². The summed E-state index contributed by atoms with van der Waals surface area (Å²) in [4.78, 5) is 35.8. The van der Waals surface area contributed by atoms with Crippen LogP contribution in [0.3, 0.4) is 0 Å². The molecular weight excluding hydrogens is 352 g/mol. The molecule has 2 aromatic rings. The summed E-state index contributed by atoms with van der Waals surface area (Å²) in [5, 5.41) is 9.62. The summed E-state index contributed by atoms with van der Waals surface area (Å²) >= 11 is 0. The van der Waals surface area contributed by atoms with Crippen molar-refractivity contribution in [1.29, 1.82) is 5.26 Å². The summed E-state index contributed by atoms with van der Waals surface area (Å²) in [5.41, 5.74) is 4.63. The lowest BCUT2D eigenvalue weighted by molar-refractivity contribution is -0.124. The summed E-state index contributed by atoms with van der Waals surface area (Å²) in [5.74, 6) is -1.25. The number of rotatable bonds is 4. The molecule has 0 unspecified atom stereocenters. The zero-order valence-electron chi connectivity index (χ0n) is 16.1. The zero-order chi connectivity index (χ0) is 19.8. The maximum atomic E-state index is 13.0. The monoisotopic (exact) mass is 374 g/mol. The second-order valence-corrected chi connectivity index (χ2v) is 7.66. The molecule has 2 heterocycles. The van der Waals surface area contributed by atoms with Crippen LogP contribution in [0.15, 0.2) is 24.3 Å². The molecule has 2 aliphatic rings. The SMILES string of the molecule is Cc1cc([C@@H](C#N)C(=O)[C@@H]2CC(=O)N(c3ccc4c(c3)CCC4)C2)nc(C)n1. The fourth-order valence-corrected chi connectivity index (χ4v) is 4.28. The Bertz CT molecular complexity index is 988. The van der Waals surface area contributed by atoms with Gasteiger partial charge in [0, 0.05) is 30.3 Å². The second kappa shape index (κ2) is 7.16. The van der Waals surface area contributed by atoms with Crippen molar-refractivity contribution in [3.05, 3.63) is 52.6 Å². The Hall–Kier alpha value is -3.07. The van der Waals surface area contributed by atoms with Crippen molar-refractivity contribution in [1.82, 2.24) is 9.97 Å². The molecule has 1 aliphatic heterocycles. The number of fused-ring (bicyclic) bond motifs is 1. The number of anilines is 1. The molecular formula is C22H22N4O2. The number of aryl methyl sites for hydroxylation is 4. The van der Waals surface area contributed by atoms with Crippen molar-refractivity contribution >= 4 is 17.4 Å². The third-order valence-corrected chi connectivity index (χ3v) is 5.62. The van der Waals surface area contributed by atoms with Gasteiger partial charge in [0.05, 0.1) is 11.8 Å². The predicted molar refractivity (Wildman–Crippen MR) is 104 cm³/mol. The fraction of sp³-hybridized carbons (Fsp3) is 0.409. The number of aromatic nitrogens is 2. The maximum absolute atomic E-state index is 13.0. The highest BCUT2D eigenvalue weighted by atomic mass is 16.2. The highest BCUT2D eigenvalue weighted by Gasteiger charge is 2.39. The number of carbonyl (C=O) groups is 2. The van der Waals surface area contributed by atoms with Crippen LogP contribution in [-0.2, 0) is 22.4 Å². The Balaban J connectivity index is 1.56. The Morgan fingerprint density at radius 1 is 1.21 bits per heavy atom. The normalized spacial score (nSPS) is 19.4. The summed E-state index contributed by atoms with van der Waals surface area (Å²) in [6, 6.07) is 9.89. The summed E-state index contributed by atoms with van der Waals surface area (Å²) in [7, 11) is 0. The van der Waals surface area contributed by atoms with Gasteiger partial charge in [-0.2, -0.15) is 5.26 Å². The van der Waals surface area contributed by atoms with Gasteiger partial charge in [-0.3, -0.25) is 9.59 Å². The fourth-order valence-electron chi connectivity index (χ4n) is 4.28. The zero-order valence-corrected chi connectivity index (χ0v) is 16.1. The maximum Gasteiger partial charge on any atom is 0.227 e. The van der Waals surface area contributed by atoms with Crippen LogP contribution in [0.5, 0.6) is 0 Å². The number of nitriles is 1. The Kier molecular flexibility index (Phi) is 4.68. The van der Waals surface area contributed by atoms with Gasteiger partial charge in [-0.25, -0.2) is 9.97 Å². The topological polar surface area (TPSA) is 87.0 Å². The first-order chi connectivity index (χ1) is 13.5. The van der Waals surface area contributed by atoms with Crippen molar-refractivity contribution in [2.24, 2.45) is 5.92 Å². The molecule has 1 aromatic carbocycles. The van der Waals surface area contributed by atoms with Crippen molar-refractivity contribution in [2.75, 3.05) is 11.4 Å². The first-order valence-corrected chi connectivity index (χ1v) is 9.64. The molecule has 0 spiro atoms. The average Bonchev–Trinajstić information content (AvgIpc) is 3.27. The number of Topliss-reactive ketones (excluding diaryl/α,β-unsaturated/α-hetero) is 1. The average molecular weight is 374 g/mol. The lowest BCUT2D eigenvalue weighted by atomic mass is 9.90. The van der Waals surface area contributed by atoms with Gasteiger partial charge in [0.2, 0.25) is 5.91 Å². The van der Waals surface area contributed by atoms with Gasteiger partial charge < -0.3 is 4.90 Å². The van der Waals surface area contributed by atoms with E-state index in [0.717, 1.165) is 30.6 Å². The number of benzene rings is 1. The van der Waals surface area contributed by atoms with Crippen molar-refractivity contribution in [3.63, 3.8) is 0 Å². The van der Waals surface area contributed by atoms with Crippen LogP contribution in [0.4, 0.5) is 5.69 Å². The minimum Gasteiger partial charge on any atom is -0.312 e. The standard InChI is InChI=1S/C22H22N4O2/c1-13-8-20(25-14(2)24-13)19(11-23)22(28)17-10-21(27)26(12-17)18-7-6-15-4-3-5-16(15)9-18/h6-9,17,19H,3-5,10,12H2,1-2H3/t17-,19-/m1/s1. The first-order valence-electron chi connectivity index (χ1n) is 9.64. The third kappa shape index (κ3) is 3.29. The number of amides is 1. The number of ketones is 1. The molecule has 0 N–H and O–H groups in total. The van der Waals surface area contributed by atoms with Crippen LogP contribution < -0.4 is 4.90 Å². The molecule has 2 atom stereocenters. The van der Waals surface area contributed by atoms with E-state index in [1.54, 1.807) is 17.9 Å². The van der Waals surface area contributed by atoms with E-state index in [2.05, 4.69) is 28.2 Å². The minimum absolute atomic E-state index is 0.0666. The highest BCUT2D eigenvalue weighted by Crippen LogP contribution is 2.32. The largest absolute Gasteiger partial charge is 0.312 e. The number of hydrogen-bond donors (Lipinski definition) is 0. The van der Waals surface area contributed by atoms with Crippen LogP contribution in [0.2, 0.25) is 0 Å². The molecule has 6 nitrogen and oxygen atoms in total. The van der Waals surface area contributed by atoms with Crippen molar-refractivity contribution in [3.8, 4) is 6.07 Å². The molecule has 0 radical (unpaired) electrons. The molecule has 4 rings (SSSR count). The molecule has 1 aliphatic carbocycles. The Labute approximate surface area is 164 Å². The van der Waals surface area contributed by atoms with Crippen LogP contribution in [0, 0.1) is 31.1 Å². The van der Waals surface area contributed by atoms with Gasteiger partial charge in [0.1, 0.15) is 11.7 Å². The van der Waals surface area contributed by atoms with Crippen LogP contribution in [0.1, 0.15) is 47.1 Å². The van der Waals surface area contributed by atoms with E-state index in [1.165, 1.54) is 11.1 Å². The van der Waals surface area contributed by atoms with Crippen LogP contribution in [-0.4, -0.2) is 28.2 Å². The van der Waals surface area contributed by atoms with Gasteiger partial charge in [-0.05, 0) is 62.4 Å². The van der Waals surface area contributed by atoms with Gasteiger partial charge in [-0.1, -0.05) is 6.07 Å². The second-order valence-electron chi connectivity index (χ2n) is 7.66. The van der Waals surface area contributed by atoms with E-state index < -0.39 is 11.8 Å². The summed E-state index contributed by atoms with van der Waals surface area (Å²) < 4.78 is 0. The molecule has 6 heteroatoms. The van der Waals surface area contributed by atoms with Crippen LogP contribution >= 0.6 is 0 Å². The lowest BCUT2D eigenvalue weighted by Crippen LogP contribution is -2.28. The van der Waals surface area contributed by atoms with Gasteiger partial charge >= 0.3 is 0 Å². The minimum atomic E-state index is -0.974. The van der Waals surface area contributed by atoms with E-state index in [-0.39, 0.29) is 18.1 Å². The highest BCUT2D eigenvalue weighted by molar-refractivity contribution is 6.02. The van der Waals surface area contributed by atoms with E-state index in [0.29, 0.717) is 18.1 Å². The molecule has 1 fully saturated rings. The lowest BCUT2D eigenvalue weighted by Gasteiger charge is -2.18. The molecule has 1 amide bonds. The first kappa shape index (κ1) is 18.3. The van der Waals surface area contributed by atoms with E-state index in [9.17, 15) is 14.9 Å². The smallest absolute Gasteiger partial charge is 0.227 e. The summed E-state index contributed by atoms with van der Waals surface area (Å²) in [6.45, 7) is 3.87. The third-order valence-electron chi connectivity index (χ3n) is 5.62. The van der Waals surface area contributed by atoms with Gasteiger partial charge in [-0.15, -0.1) is 0 Å². The molecule has 1 aromatic heterocycles. The number of nitrogens with zero attached hydrogens (tertiary/aromatic N) is 4.